The summed E-state index contributed by atoms with van der Waals surface area (Å²) in [5.74, 6) is -1.42. The van der Waals surface area contributed by atoms with Crippen LogP contribution in [-0.2, 0) is 0 Å². The fourth-order valence-corrected chi connectivity index (χ4v) is 4.84. The number of hydrogen-bond acceptors (Lipinski definition) is 5. The number of fused-ring (bicyclic) bond motifs is 5. The number of halogens is 1. The van der Waals surface area contributed by atoms with Gasteiger partial charge in [0.25, 0.3) is 5.91 Å². The van der Waals surface area contributed by atoms with Crippen molar-refractivity contribution in [2.75, 3.05) is 18.3 Å². The number of hydrogen-bond donors (Lipinski definition) is 1. The van der Waals surface area contributed by atoms with E-state index >= 15 is 4.39 Å². The van der Waals surface area contributed by atoms with Crippen molar-refractivity contribution in [2.45, 2.75) is 25.9 Å². The van der Waals surface area contributed by atoms with Crippen LogP contribution >= 0.6 is 0 Å². The van der Waals surface area contributed by atoms with Gasteiger partial charge in [-0.15, -0.1) is 0 Å². The third-order valence-corrected chi connectivity index (χ3v) is 6.50. The van der Waals surface area contributed by atoms with E-state index in [1.54, 1.807) is 23.1 Å². The van der Waals surface area contributed by atoms with Crippen LogP contribution in [0.2, 0.25) is 0 Å². The summed E-state index contributed by atoms with van der Waals surface area (Å²) in [6.07, 6.45) is 5.11. The fraction of sp³-hybridized carbons (Fsp3) is 0.259. The van der Waals surface area contributed by atoms with Gasteiger partial charge >= 0.3 is 0 Å². The Kier molecular flexibility index (Phi) is 5.80. The maximum Gasteiger partial charge on any atom is 0.278 e. The summed E-state index contributed by atoms with van der Waals surface area (Å²) in [6.45, 7) is 4.24. The van der Waals surface area contributed by atoms with E-state index in [1.807, 2.05) is 55.3 Å². The minimum atomic E-state index is -0.640. The van der Waals surface area contributed by atoms with Crippen LogP contribution in [0, 0.1) is 11.7 Å². The highest BCUT2D eigenvalue weighted by Gasteiger charge is 2.40. The second-order valence-electron chi connectivity index (χ2n) is 9.02. The Bertz CT molecular complexity index is 1350. The van der Waals surface area contributed by atoms with Crippen molar-refractivity contribution in [1.29, 1.82) is 0 Å². The summed E-state index contributed by atoms with van der Waals surface area (Å²) in [7, 11) is 0. The molecule has 5 rings (SSSR count). The van der Waals surface area contributed by atoms with Crippen molar-refractivity contribution in [2.24, 2.45) is 5.92 Å². The summed E-state index contributed by atoms with van der Waals surface area (Å²) in [6, 6.07) is 14.5. The Morgan fingerprint density at radius 2 is 1.83 bits per heavy atom. The van der Waals surface area contributed by atoms with Crippen molar-refractivity contribution >= 4 is 5.91 Å². The number of nitrogens with zero attached hydrogens (tertiary/aromatic N) is 3. The van der Waals surface area contributed by atoms with Crippen LogP contribution in [0.1, 0.15) is 41.5 Å². The van der Waals surface area contributed by atoms with Crippen LogP contribution < -0.4 is 15.2 Å². The molecule has 2 aromatic carbocycles. The lowest BCUT2D eigenvalue weighted by molar-refractivity contribution is 0.0588. The van der Waals surface area contributed by atoms with Gasteiger partial charge in [-0.3, -0.25) is 19.3 Å². The number of rotatable bonds is 2. The van der Waals surface area contributed by atoms with Crippen LogP contribution in [0.25, 0.3) is 0 Å². The molecule has 2 bridgehead atoms. The molecule has 1 aromatic heterocycles. The lowest BCUT2D eigenvalue weighted by Crippen LogP contribution is -2.58. The molecule has 1 amide bonds. The van der Waals surface area contributed by atoms with E-state index in [0.29, 0.717) is 5.56 Å². The maximum absolute atomic E-state index is 15.1. The first-order valence-corrected chi connectivity index (χ1v) is 11.5. The molecule has 0 saturated carbocycles. The molecule has 0 radical (unpaired) electrons. The molecule has 0 unspecified atom stereocenters. The van der Waals surface area contributed by atoms with E-state index in [-0.39, 0.29) is 36.7 Å². The van der Waals surface area contributed by atoms with Crippen molar-refractivity contribution < 1.29 is 19.0 Å². The first-order chi connectivity index (χ1) is 16.9. The van der Waals surface area contributed by atoms with E-state index in [0.717, 1.165) is 5.56 Å². The van der Waals surface area contributed by atoms with Gasteiger partial charge in [-0.25, -0.2) is 4.39 Å². The van der Waals surface area contributed by atoms with Crippen molar-refractivity contribution in [3.63, 3.8) is 0 Å². The second kappa shape index (κ2) is 8.94. The number of para-hydroxylation sites is 1. The number of aromatic nitrogens is 1. The molecule has 3 heterocycles. The molecular formula is C27H26FN3O4. The Morgan fingerprint density at radius 1 is 1.06 bits per heavy atom. The van der Waals surface area contributed by atoms with E-state index in [9.17, 15) is 14.7 Å². The molecule has 0 spiro atoms. The number of pyridine rings is 1. The van der Waals surface area contributed by atoms with E-state index in [1.165, 1.54) is 23.0 Å². The molecule has 0 aliphatic carbocycles. The number of carbonyl (C=O) groups is 1. The van der Waals surface area contributed by atoms with Crippen LogP contribution in [0.15, 0.2) is 77.7 Å². The van der Waals surface area contributed by atoms with Gasteiger partial charge in [-0.1, -0.05) is 62.4 Å². The molecule has 35 heavy (non-hydrogen) atoms. The van der Waals surface area contributed by atoms with Gasteiger partial charge in [0.05, 0.1) is 6.04 Å². The number of aromatic hydroxyl groups is 1. The first kappa shape index (κ1) is 22.7. The number of ether oxygens (including phenoxy) is 1. The summed E-state index contributed by atoms with van der Waals surface area (Å²) in [5, 5.41) is 12.6. The Balaban J connectivity index is 1.84. The highest BCUT2D eigenvalue weighted by atomic mass is 19.1. The standard InChI is InChI=1S/C27H26FN3O4/c1-17(2)21-12-7-15-35-26-19(10-6-11-20(26)28)23(18-8-4-3-5-9-18)31-16-29(21)27(34)24-25(33)22(32)13-14-30(24)31/h3-14,17,21,23,33H,15-16H2,1-2H3/b12-7+/t21-,23-/m1/s1. The zero-order chi connectivity index (χ0) is 24.7. The van der Waals surface area contributed by atoms with E-state index in [4.69, 9.17) is 4.74 Å². The minimum Gasteiger partial charge on any atom is -0.502 e. The molecule has 8 heteroatoms. The van der Waals surface area contributed by atoms with Gasteiger partial charge in [-0.05, 0) is 23.6 Å². The van der Waals surface area contributed by atoms with Crippen molar-refractivity contribution in [1.82, 2.24) is 9.58 Å². The number of amides is 1. The highest BCUT2D eigenvalue weighted by Crippen LogP contribution is 2.38. The fourth-order valence-electron chi connectivity index (χ4n) is 4.84. The van der Waals surface area contributed by atoms with E-state index < -0.39 is 28.9 Å². The molecule has 1 N–H and O–H groups in total. The Morgan fingerprint density at radius 3 is 2.57 bits per heavy atom. The molecule has 7 nitrogen and oxygen atoms in total. The molecule has 2 aliphatic heterocycles. The predicted molar refractivity (Wildman–Crippen MR) is 130 cm³/mol. The average Bonchev–Trinajstić information content (AvgIpc) is 2.87. The van der Waals surface area contributed by atoms with Crippen molar-refractivity contribution in [3.8, 4) is 11.5 Å². The third kappa shape index (κ3) is 3.84. The minimum absolute atomic E-state index is 0.0243. The van der Waals surface area contributed by atoms with Gasteiger partial charge in [-0.2, -0.15) is 0 Å². The lowest BCUT2D eigenvalue weighted by atomic mass is 9.96. The second-order valence-corrected chi connectivity index (χ2v) is 9.02. The summed E-state index contributed by atoms with van der Waals surface area (Å²) < 4.78 is 22.5. The largest absolute Gasteiger partial charge is 0.502 e. The lowest BCUT2D eigenvalue weighted by Gasteiger charge is -2.46. The topological polar surface area (TPSA) is 75.0 Å². The first-order valence-electron chi connectivity index (χ1n) is 11.5. The van der Waals surface area contributed by atoms with Gasteiger partial charge in [0.15, 0.2) is 23.0 Å². The molecule has 0 saturated heterocycles. The summed E-state index contributed by atoms with van der Waals surface area (Å²) in [4.78, 5) is 27.7. The summed E-state index contributed by atoms with van der Waals surface area (Å²) >= 11 is 0. The average molecular weight is 476 g/mol. The Hall–Kier alpha value is -4.07. The van der Waals surface area contributed by atoms with Gasteiger partial charge < -0.3 is 14.7 Å². The van der Waals surface area contributed by atoms with Crippen molar-refractivity contribution in [3.05, 3.63) is 106 Å². The molecule has 180 valence electrons. The van der Waals surface area contributed by atoms with E-state index in [2.05, 4.69) is 0 Å². The molecular weight excluding hydrogens is 449 g/mol. The van der Waals surface area contributed by atoms with Gasteiger partial charge in [0, 0.05) is 17.8 Å². The predicted octanol–water partition coefficient (Wildman–Crippen LogP) is 3.81. The van der Waals surface area contributed by atoms with Crippen LogP contribution in [-0.4, -0.2) is 39.9 Å². The van der Waals surface area contributed by atoms with Gasteiger partial charge in [0.2, 0.25) is 5.43 Å². The number of benzene rings is 2. The van der Waals surface area contributed by atoms with Gasteiger partial charge in [0.1, 0.15) is 19.3 Å². The molecule has 3 aromatic rings. The third-order valence-electron chi connectivity index (χ3n) is 6.50. The zero-order valence-electron chi connectivity index (χ0n) is 19.5. The molecule has 2 aliphatic rings. The molecule has 2 atom stereocenters. The highest BCUT2D eigenvalue weighted by molar-refractivity contribution is 5.96. The SMILES string of the molecule is CC(C)[C@H]1/C=C/COc2c(F)cccc2[C@@H](c2ccccc2)N2CN1C(=O)c1c(O)c(=O)ccn12. The van der Waals surface area contributed by atoms with Crippen LogP contribution in [0.3, 0.4) is 0 Å². The van der Waals surface area contributed by atoms with Crippen LogP contribution in [0.4, 0.5) is 4.39 Å². The molecule has 0 fully saturated rings. The Labute approximate surface area is 202 Å². The zero-order valence-corrected chi connectivity index (χ0v) is 19.5. The quantitative estimate of drug-likeness (QED) is 0.571. The smallest absolute Gasteiger partial charge is 0.278 e. The number of carbonyl (C=O) groups excluding carboxylic acids is 1. The monoisotopic (exact) mass is 475 g/mol. The maximum atomic E-state index is 15.1. The summed E-state index contributed by atoms with van der Waals surface area (Å²) in [5.41, 5.74) is 0.626. The normalized spacial score (nSPS) is 20.5. The van der Waals surface area contributed by atoms with Crippen LogP contribution in [0.5, 0.6) is 11.5 Å².